The van der Waals surface area contributed by atoms with Gasteiger partial charge in [-0.25, -0.2) is 0 Å². The highest BCUT2D eigenvalue weighted by Gasteiger charge is 2.38. The van der Waals surface area contributed by atoms with Gasteiger partial charge >= 0.3 is 0 Å². The molecule has 0 aromatic heterocycles. The zero-order valence-electron chi connectivity index (χ0n) is 6.89. The van der Waals surface area contributed by atoms with E-state index >= 15 is 0 Å². The summed E-state index contributed by atoms with van der Waals surface area (Å²) in [6.45, 7) is 0. The number of benzene rings is 1. The molecule has 76 valence electrons. The van der Waals surface area contributed by atoms with Crippen molar-refractivity contribution in [3.63, 3.8) is 0 Å². The lowest BCUT2D eigenvalue weighted by Gasteiger charge is -2.12. The topological polar surface area (TPSA) is 9.23 Å². The minimum atomic E-state index is 0. The summed E-state index contributed by atoms with van der Waals surface area (Å²) in [6.07, 6.45) is 3.10. The molecule has 0 N–H and O–H groups in total. The van der Waals surface area contributed by atoms with Gasteiger partial charge in [0.15, 0.2) is 0 Å². The number of halogens is 2. The Morgan fingerprint density at radius 2 is 1.43 bits per heavy atom. The van der Waals surface area contributed by atoms with Crippen LogP contribution in [0.3, 0.4) is 0 Å². The summed E-state index contributed by atoms with van der Waals surface area (Å²) in [7, 11) is 0. The van der Waals surface area contributed by atoms with E-state index in [0.29, 0.717) is 12.2 Å². The highest BCUT2D eigenvalue weighted by Crippen LogP contribution is 2.52. The van der Waals surface area contributed by atoms with Gasteiger partial charge < -0.3 is 4.74 Å². The highest BCUT2D eigenvalue weighted by molar-refractivity contribution is 9.13. The van der Waals surface area contributed by atoms with Crippen LogP contribution in [0.4, 0.5) is 0 Å². The standard InChI is InChI=1S/C10H8Br2O.CH4/c11-7-3-5-6(4-8(7)12)10-2-1-9(5)13-10;/h3-4,9-10H,1-2H2;1H4. The second-order valence-corrected chi connectivity index (χ2v) is 5.29. The number of hydrogen-bond donors (Lipinski definition) is 0. The maximum atomic E-state index is 5.81. The average molecular weight is 320 g/mol. The van der Waals surface area contributed by atoms with Crippen LogP contribution in [0.2, 0.25) is 0 Å². The van der Waals surface area contributed by atoms with Gasteiger partial charge in [0.25, 0.3) is 0 Å². The van der Waals surface area contributed by atoms with Crippen LogP contribution in [-0.4, -0.2) is 0 Å². The molecule has 0 spiro atoms. The first-order valence-corrected chi connectivity index (χ1v) is 5.98. The molecule has 1 saturated heterocycles. The van der Waals surface area contributed by atoms with E-state index in [0.717, 1.165) is 8.95 Å². The van der Waals surface area contributed by atoms with E-state index in [9.17, 15) is 0 Å². The van der Waals surface area contributed by atoms with Gasteiger partial charge in [-0.05, 0) is 68.0 Å². The van der Waals surface area contributed by atoms with Gasteiger partial charge in [-0.2, -0.15) is 0 Å². The van der Waals surface area contributed by atoms with E-state index in [2.05, 4.69) is 44.0 Å². The predicted molar refractivity (Wildman–Crippen MR) is 64.4 cm³/mol. The van der Waals surface area contributed by atoms with Crippen LogP contribution in [0, 0.1) is 0 Å². The Labute approximate surface area is 101 Å². The second kappa shape index (κ2) is 3.62. The molecule has 1 fully saturated rings. The molecule has 1 aromatic rings. The Morgan fingerprint density at radius 1 is 1.00 bits per heavy atom. The van der Waals surface area contributed by atoms with Crippen molar-refractivity contribution in [2.75, 3.05) is 0 Å². The van der Waals surface area contributed by atoms with E-state index in [1.807, 2.05) is 0 Å². The lowest BCUT2D eigenvalue weighted by Crippen LogP contribution is -1.97. The zero-order valence-corrected chi connectivity index (χ0v) is 10.1. The van der Waals surface area contributed by atoms with Gasteiger partial charge in [0.05, 0.1) is 12.2 Å². The van der Waals surface area contributed by atoms with Gasteiger partial charge in [0.2, 0.25) is 0 Å². The molecule has 2 atom stereocenters. The molecule has 1 nitrogen and oxygen atoms in total. The van der Waals surface area contributed by atoms with E-state index < -0.39 is 0 Å². The first-order chi connectivity index (χ1) is 6.25. The van der Waals surface area contributed by atoms with Crippen LogP contribution in [0.15, 0.2) is 21.1 Å². The van der Waals surface area contributed by atoms with Crippen molar-refractivity contribution in [3.8, 4) is 0 Å². The minimum absolute atomic E-state index is 0. The van der Waals surface area contributed by atoms with Gasteiger partial charge in [-0.3, -0.25) is 0 Å². The number of ether oxygens (including phenoxy) is 1. The third-order valence-electron chi connectivity index (χ3n) is 2.84. The fraction of sp³-hybridized carbons (Fsp3) is 0.455. The average Bonchev–Trinajstić information content (AvgIpc) is 2.67. The van der Waals surface area contributed by atoms with Crippen LogP contribution in [0.5, 0.6) is 0 Å². The molecule has 1 aromatic carbocycles. The summed E-state index contributed by atoms with van der Waals surface area (Å²) in [5, 5.41) is 0. The second-order valence-electron chi connectivity index (χ2n) is 3.59. The minimum Gasteiger partial charge on any atom is -0.366 e. The fourth-order valence-corrected chi connectivity index (χ4v) is 2.95. The lowest BCUT2D eigenvalue weighted by atomic mass is 9.92. The Bertz CT molecular complexity index is 341. The summed E-state index contributed by atoms with van der Waals surface area (Å²) in [5.74, 6) is 0. The zero-order chi connectivity index (χ0) is 9.00. The normalized spacial score (nSPS) is 27.3. The molecule has 3 heteroatoms. The summed E-state index contributed by atoms with van der Waals surface area (Å²) in [6, 6.07) is 4.37. The Morgan fingerprint density at radius 3 is 1.86 bits per heavy atom. The van der Waals surface area contributed by atoms with Crippen molar-refractivity contribution in [2.45, 2.75) is 32.5 Å². The maximum Gasteiger partial charge on any atom is 0.0838 e. The van der Waals surface area contributed by atoms with E-state index in [4.69, 9.17) is 4.74 Å². The van der Waals surface area contributed by atoms with Crippen molar-refractivity contribution in [3.05, 3.63) is 32.2 Å². The first kappa shape index (κ1) is 10.7. The van der Waals surface area contributed by atoms with Crippen LogP contribution < -0.4 is 0 Å². The van der Waals surface area contributed by atoms with Crippen molar-refractivity contribution < 1.29 is 4.74 Å². The third kappa shape index (κ3) is 1.37. The Balaban J connectivity index is 0.000000750. The summed E-state index contributed by atoms with van der Waals surface area (Å²) in [5.41, 5.74) is 2.76. The number of hydrogen-bond acceptors (Lipinski definition) is 1. The fourth-order valence-electron chi connectivity index (χ4n) is 2.23. The van der Waals surface area contributed by atoms with Crippen LogP contribution in [0.25, 0.3) is 0 Å². The molecule has 0 saturated carbocycles. The molecule has 3 rings (SSSR count). The Kier molecular flexibility index (Phi) is 2.75. The molecule has 0 radical (unpaired) electrons. The van der Waals surface area contributed by atoms with Crippen LogP contribution >= 0.6 is 31.9 Å². The predicted octanol–water partition coefficient (Wildman–Crippen LogP) is 4.75. The molecular weight excluding hydrogens is 308 g/mol. The molecule has 2 bridgehead atoms. The molecule has 14 heavy (non-hydrogen) atoms. The maximum absolute atomic E-state index is 5.81. The highest BCUT2D eigenvalue weighted by atomic mass is 79.9. The van der Waals surface area contributed by atoms with Gasteiger partial charge in [0.1, 0.15) is 0 Å². The van der Waals surface area contributed by atoms with E-state index in [1.165, 1.54) is 24.0 Å². The van der Waals surface area contributed by atoms with Crippen LogP contribution in [0.1, 0.15) is 43.6 Å². The van der Waals surface area contributed by atoms with Gasteiger partial charge in [0, 0.05) is 8.95 Å². The molecule has 0 aliphatic carbocycles. The monoisotopic (exact) mass is 318 g/mol. The molecule has 2 aliphatic heterocycles. The number of fused-ring (bicyclic) bond motifs is 5. The summed E-state index contributed by atoms with van der Waals surface area (Å²) in [4.78, 5) is 0. The van der Waals surface area contributed by atoms with Crippen molar-refractivity contribution >= 4 is 31.9 Å². The molecule has 2 unspecified atom stereocenters. The molecular formula is C11H12Br2O. The molecule has 2 aliphatic rings. The third-order valence-corrected chi connectivity index (χ3v) is 4.68. The van der Waals surface area contributed by atoms with Crippen molar-refractivity contribution in [2.24, 2.45) is 0 Å². The largest absolute Gasteiger partial charge is 0.366 e. The summed E-state index contributed by atoms with van der Waals surface area (Å²) >= 11 is 7.04. The lowest BCUT2D eigenvalue weighted by molar-refractivity contribution is 0.0716. The van der Waals surface area contributed by atoms with Crippen LogP contribution in [-0.2, 0) is 4.74 Å². The van der Waals surface area contributed by atoms with Gasteiger partial charge in [-0.1, -0.05) is 7.43 Å². The number of rotatable bonds is 0. The van der Waals surface area contributed by atoms with Crippen molar-refractivity contribution in [1.29, 1.82) is 0 Å². The van der Waals surface area contributed by atoms with E-state index in [1.54, 1.807) is 0 Å². The molecule has 2 heterocycles. The van der Waals surface area contributed by atoms with Gasteiger partial charge in [-0.15, -0.1) is 0 Å². The first-order valence-electron chi connectivity index (χ1n) is 4.40. The summed E-state index contributed by atoms with van der Waals surface area (Å²) < 4.78 is 8.07. The quantitative estimate of drug-likeness (QED) is 0.670. The SMILES string of the molecule is Brc1cc2c(cc1Br)C1CCC2O1.C. The van der Waals surface area contributed by atoms with Crippen molar-refractivity contribution in [1.82, 2.24) is 0 Å². The molecule has 0 amide bonds. The smallest absolute Gasteiger partial charge is 0.0838 e. The Hall–Kier alpha value is 0.140. The van der Waals surface area contributed by atoms with E-state index in [-0.39, 0.29) is 7.43 Å².